The number of benzene rings is 2. The van der Waals surface area contributed by atoms with E-state index in [1.54, 1.807) is 0 Å². The topological polar surface area (TPSA) is 72.2 Å². The number of anilines is 1. The minimum Gasteiger partial charge on any atom is -0.381 e. The van der Waals surface area contributed by atoms with Crippen molar-refractivity contribution in [3.8, 4) is 0 Å². The number of rotatable bonds is 4. The number of nitrogens with one attached hydrogen (secondary N) is 1. The van der Waals surface area contributed by atoms with Crippen LogP contribution in [0.5, 0.6) is 0 Å². The molecule has 0 heterocycles. The van der Waals surface area contributed by atoms with Crippen LogP contribution >= 0.6 is 0 Å². The summed E-state index contributed by atoms with van der Waals surface area (Å²) in [5, 5.41) is 7.75. The highest BCUT2D eigenvalue weighted by Gasteiger charge is 2.36. The second-order valence-electron chi connectivity index (χ2n) is 7.05. The van der Waals surface area contributed by atoms with Crippen molar-refractivity contribution in [3.63, 3.8) is 0 Å². The van der Waals surface area contributed by atoms with Gasteiger partial charge in [-0.05, 0) is 34.7 Å². The Balaban J connectivity index is 2.23. The van der Waals surface area contributed by atoms with Crippen molar-refractivity contribution in [1.82, 2.24) is 0 Å². The third-order valence-electron chi connectivity index (χ3n) is 3.91. The van der Waals surface area contributed by atoms with Gasteiger partial charge in [0.05, 0.1) is 10.5 Å². The van der Waals surface area contributed by atoms with Crippen LogP contribution in [0.25, 0.3) is 0 Å². The molecule has 2 aromatic carbocycles. The zero-order chi connectivity index (χ0) is 19.8. The van der Waals surface area contributed by atoms with Crippen LogP contribution in [0.3, 0.4) is 0 Å². The minimum absolute atomic E-state index is 0.0110. The van der Waals surface area contributed by atoms with Crippen molar-refractivity contribution in [2.45, 2.75) is 43.8 Å². The number of halogens is 3. The first-order valence-electron chi connectivity index (χ1n) is 7.86. The molecular weight excluding hydrogens is 365 g/mol. The number of hydrogen-bond acceptors (Lipinski definition) is 3. The number of hydrogen-bond donors (Lipinski definition) is 2. The highest BCUT2D eigenvalue weighted by atomic mass is 32.2. The molecule has 0 amide bonds. The Morgan fingerprint density at radius 2 is 1.58 bits per heavy atom. The van der Waals surface area contributed by atoms with Gasteiger partial charge in [-0.15, -0.1) is 0 Å². The molecule has 0 fully saturated rings. The zero-order valence-electron chi connectivity index (χ0n) is 14.7. The van der Waals surface area contributed by atoms with Crippen molar-refractivity contribution >= 4 is 15.7 Å². The Morgan fingerprint density at radius 1 is 1.00 bits per heavy atom. The van der Waals surface area contributed by atoms with E-state index in [1.807, 2.05) is 24.3 Å². The number of alkyl halides is 3. The molecule has 26 heavy (non-hydrogen) atoms. The minimum atomic E-state index is -4.83. The Morgan fingerprint density at radius 3 is 2.04 bits per heavy atom. The summed E-state index contributed by atoms with van der Waals surface area (Å²) in [6.45, 7) is 6.57. The highest BCUT2D eigenvalue weighted by molar-refractivity contribution is 7.89. The fourth-order valence-corrected chi connectivity index (χ4v) is 3.18. The molecule has 0 aliphatic rings. The van der Waals surface area contributed by atoms with E-state index in [0.717, 1.165) is 23.3 Å². The lowest BCUT2D eigenvalue weighted by Crippen LogP contribution is -2.19. The van der Waals surface area contributed by atoms with E-state index in [2.05, 4.69) is 26.1 Å². The van der Waals surface area contributed by atoms with E-state index in [1.165, 1.54) is 6.07 Å². The lowest BCUT2D eigenvalue weighted by atomic mass is 9.87. The smallest absolute Gasteiger partial charge is 0.381 e. The molecule has 2 aromatic rings. The SMILES string of the molecule is CC(C)(C)c1ccc(CNc2ccc(S(N)(=O)=O)c(C(F)(F)F)c2)cc1. The van der Waals surface area contributed by atoms with Crippen molar-refractivity contribution in [3.05, 3.63) is 59.2 Å². The van der Waals surface area contributed by atoms with E-state index in [-0.39, 0.29) is 11.1 Å². The van der Waals surface area contributed by atoms with Crippen molar-refractivity contribution in [2.24, 2.45) is 5.14 Å². The lowest BCUT2D eigenvalue weighted by molar-refractivity contribution is -0.139. The molecule has 2 rings (SSSR count). The van der Waals surface area contributed by atoms with Gasteiger partial charge in [-0.2, -0.15) is 13.2 Å². The summed E-state index contributed by atoms with van der Waals surface area (Å²) in [5.41, 5.74) is 0.926. The molecule has 3 N–H and O–H groups in total. The third-order valence-corrected chi connectivity index (χ3v) is 4.88. The van der Waals surface area contributed by atoms with Crippen molar-refractivity contribution < 1.29 is 21.6 Å². The summed E-state index contributed by atoms with van der Waals surface area (Å²) in [7, 11) is -4.47. The fourth-order valence-electron chi connectivity index (χ4n) is 2.44. The molecule has 0 spiro atoms. The monoisotopic (exact) mass is 386 g/mol. The van der Waals surface area contributed by atoms with Crippen LogP contribution in [0.15, 0.2) is 47.4 Å². The van der Waals surface area contributed by atoms with Gasteiger partial charge in [-0.1, -0.05) is 45.0 Å². The standard InChI is InChI=1S/C18H21F3N2O2S/c1-17(2,3)13-6-4-12(5-7-13)11-23-14-8-9-16(26(22,24)25)15(10-14)18(19,20)21/h4-10,23H,11H2,1-3H3,(H2,22,24,25). The Kier molecular flexibility index (Phi) is 5.39. The molecule has 4 nitrogen and oxygen atoms in total. The van der Waals surface area contributed by atoms with Gasteiger partial charge in [-0.25, -0.2) is 13.6 Å². The first-order chi connectivity index (χ1) is 11.8. The summed E-state index contributed by atoms with van der Waals surface area (Å²) in [4.78, 5) is -0.940. The maximum atomic E-state index is 13.1. The van der Waals surface area contributed by atoms with Crippen LogP contribution in [0.1, 0.15) is 37.5 Å². The maximum absolute atomic E-state index is 13.1. The number of nitrogens with two attached hydrogens (primary N) is 1. The molecule has 0 radical (unpaired) electrons. The highest BCUT2D eigenvalue weighted by Crippen LogP contribution is 2.35. The normalized spacial score (nSPS) is 12.9. The molecule has 8 heteroatoms. The largest absolute Gasteiger partial charge is 0.417 e. The van der Waals surface area contributed by atoms with Crippen LogP contribution in [0.2, 0.25) is 0 Å². The van der Waals surface area contributed by atoms with E-state index in [4.69, 9.17) is 5.14 Å². The summed E-state index contributed by atoms with van der Waals surface area (Å²) in [5.74, 6) is 0. The van der Waals surface area contributed by atoms with Crippen LogP contribution in [-0.2, 0) is 28.2 Å². The molecule has 0 unspecified atom stereocenters. The average molecular weight is 386 g/mol. The third kappa shape index (κ3) is 4.98. The van der Waals surface area contributed by atoms with Gasteiger partial charge >= 0.3 is 6.18 Å². The Bertz CT molecular complexity index is 884. The quantitative estimate of drug-likeness (QED) is 0.825. The molecule has 0 aliphatic heterocycles. The van der Waals surface area contributed by atoms with Gasteiger partial charge < -0.3 is 5.32 Å². The van der Waals surface area contributed by atoms with Crippen molar-refractivity contribution in [2.75, 3.05) is 5.32 Å². The van der Waals surface area contributed by atoms with Gasteiger partial charge in [-0.3, -0.25) is 0 Å². The van der Waals surface area contributed by atoms with Crippen LogP contribution in [0, 0.1) is 0 Å². The molecule has 0 saturated carbocycles. The summed E-state index contributed by atoms with van der Waals surface area (Å²) in [6.07, 6.45) is -4.83. The van der Waals surface area contributed by atoms with Gasteiger partial charge in [0.2, 0.25) is 10.0 Å². The molecular formula is C18H21F3N2O2S. The van der Waals surface area contributed by atoms with Crippen LogP contribution in [0.4, 0.5) is 18.9 Å². The summed E-state index contributed by atoms with van der Waals surface area (Å²) in [6, 6.07) is 10.6. The Labute approximate surface area is 151 Å². The van der Waals surface area contributed by atoms with Gasteiger partial charge in [0.1, 0.15) is 0 Å². The predicted molar refractivity (Wildman–Crippen MR) is 95.3 cm³/mol. The molecule has 0 aliphatic carbocycles. The summed E-state index contributed by atoms with van der Waals surface area (Å²) >= 11 is 0. The molecule has 142 valence electrons. The van der Waals surface area contributed by atoms with Crippen LogP contribution < -0.4 is 10.5 Å². The molecule has 0 aromatic heterocycles. The summed E-state index contributed by atoms with van der Waals surface area (Å²) < 4.78 is 62.1. The average Bonchev–Trinajstić information content (AvgIpc) is 2.50. The van der Waals surface area contributed by atoms with Gasteiger partial charge in [0, 0.05) is 12.2 Å². The van der Waals surface area contributed by atoms with E-state index < -0.39 is 26.7 Å². The van der Waals surface area contributed by atoms with E-state index >= 15 is 0 Å². The van der Waals surface area contributed by atoms with Crippen LogP contribution in [-0.4, -0.2) is 8.42 Å². The van der Waals surface area contributed by atoms with Crippen molar-refractivity contribution in [1.29, 1.82) is 0 Å². The molecule has 0 saturated heterocycles. The van der Waals surface area contributed by atoms with Gasteiger partial charge in [0.25, 0.3) is 0 Å². The fraction of sp³-hybridized carbons (Fsp3) is 0.333. The lowest BCUT2D eigenvalue weighted by Gasteiger charge is -2.19. The second-order valence-corrected chi connectivity index (χ2v) is 8.58. The predicted octanol–water partition coefficient (Wildman–Crippen LogP) is 4.26. The maximum Gasteiger partial charge on any atom is 0.417 e. The molecule has 0 bridgehead atoms. The van der Waals surface area contributed by atoms with Gasteiger partial charge in [0.15, 0.2) is 0 Å². The zero-order valence-corrected chi connectivity index (χ0v) is 15.5. The number of primary sulfonamides is 1. The number of sulfonamides is 1. The molecule has 0 atom stereocenters. The second kappa shape index (κ2) is 6.92. The van der Waals surface area contributed by atoms with E-state index in [9.17, 15) is 21.6 Å². The van der Waals surface area contributed by atoms with E-state index in [0.29, 0.717) is 6.54 Å². The Hall–Kier alpha value is -2.06. The first kappa shape index (κ1) is 20.3. The first-order valence-corrected chi connectivity index (χ1v) is 9.40.